The molecule has 1 aromatic carbocycles. The Morgan fingerprint density at radius 3 is 2.17 bits per heavy atom. The maximum Gasteiger partial charge on any atom is 0.243 e. The van der Waals surface area contributed by atoms with E-state index >= 15 is 0 Å². The molecule has 9 heteroatoms. The molecule has 0 spiro atoms. The number of sulfonamides is 1. The molecule has 1 unspecified atom stereocenters. The van der Waals surface area contributed by atoms with Gasteiger partial charge in [0.15, 0.2) is 11.6 Å². The minimum Gasteiger partial charge on any atom is -0.352 e. The highest BCUT2D eigenvalue weighted by Crippen LogP contribution is 2.24. The van der Waals surface area contributed by atoms with Crippen molar-refractivity contribution >= 4 is 21.7 Å². The smallest absolute Gasteiger partial charge is 0.243 e. The lowest BCUT2D eigenvalue weighted by molar-refractivity contribution is 0.383. The normalized spacial score (nSPS) is 21.4. The number of halogens is 1. The van der Waals surface area contributed by atoms with Crippen LogP contribution in [-0.2, 0) is 10.0 Å². The van der Waals surface area contributed by atoms with E-state index in [4.69, 9.17) is 0 Å². The van der Waals surface area contributed by atoms with Gasteiger partial charge < -0.3 is 9.80 Å². The summed E-state index contributed by atoms with van der Waals surface area (Å²) >= 11 is 0. The lowest BCUT2D eigenvalue weighted by atomic mass is 10.0. The zero-order valence-corrected chi connectivity index (χ0v) is 17.4. The van der Waals surface area contributed by atoms with Crippen molar-refractivity contribution in [3.63, 3.8) is 0 Å². The molecule has 29 heavy (non-hydrogen) atoms. The fraction of sp³-hybridized carbons (Fsp3) is 0.500. The molecule has 4 rings (SSSR count). The average molecular weight is 420 g/mol. The fourth-order valence-electron chi connectivity index (χ4n) is 3.99. The van der Waals surface area contributed by atoms with Crippen molar-refractivity contribution in [3.05, 3.63) is 42.2 Å². The van der Waals surface area contributed by atoms with Crippen LogP contribution < -0.4 is 9.80 Å². The highest BCUT2D eigenvalue weighted by molar-refractivity contribution is 7.89. The van der Waals surface area contributed by atoms with E-state index in [1.54, 1.807) is 0 Å². The first kappa shape index (κ1) is 20.0. The quantitative estimate of drug-likeness (QED) is 0.759. The van der Waals surface area contributed by atoms with E-state index in [0.717, 1.165) is 18.2 Å². The van der Waals surface area contributed by atoms with Gasteiger partial charge in [-0.1, -0.05) is 0 Å². The van der Waals surface area contributed by atoms with Crippen molar-refractivity contribution in [3.8, 4) is 0 Å². The van der Waals surface area contributed by atoms with Gasteiger partial charge in [-0.3, -0.25) is 0 Å². The van der Waals surface area contributed by atoms with Gasteiger partial charge in [0.05, 0.1) is 4.90 Å². The van der Waals surface area contributed by atoms with Crippen LogP contribution in [0.3, 0.4) is 0 Å². The van der Waals surface area contributed by atoms with E-state index in [-0.39, 0.29) is 4.90 Å². The third-order valence-corrected chi connectivity index (χ3v) is 7.66. The van der Waals surface area contributed by atoms with Crippen molar-refractivity contribution < 1.29 is 12.8 Å². The van der Waals surface area contributed by atoms with Crippen LogP contribution in [-0.4, -0.2) is 61.7 Å². The van der Waals surface area contributed by atoms with E-state index in [1.807, 2.05) is 17.0 Å². The summed E-state index contributed by atoms with van der Waals surface area (Å²) in [6.07, 6.45) is 3.61. The molecule has 3 heterocycles. The van der Waals surface area contributed by atoms with Gasteiger partial charge in [-0.2, -0.15) is 4.31 Å². The molecule has 0 bridgehead atoms. The molecule has 0 aliphatic carbocycles. The summed E-state index contributed by atoms with van der Waals surface area (Å²) in [6, 6.07) is 9.40. The van der Waals surface area contributed by atoms with E-state index in [9.17, 15) is 12.8 Å². The predicted molar refractivity (Wildman–Crippen MR) is 110 cm³/mol. The summed E-state index contributed by atoms with van der Waals surface area (Å²) in [5, 5.41) is 8.81. The summed E-state index contributed by atoms with van der Waals surface area (Å²) in [4.78, 5) is 4.47. The molecule has 7 nitrogen and oxygen atoms in total. The number of piperazine rings is 1. The minimum atomic E-state index is -3.61. The molecular weight excluding hydrogens is 393 g/mol. The van der Waals surface area contributed by atoms with Crippen molar-refractivity contribution in [2.45, 2.75) is 37.1 Å². The molecule has 1 aromatic heterocycles. The van der Waals surface area contributed by atoms with Crippen molar-refractivity contribution in [2.24, 2.45) is 0 Å². The molecule has 2 aliphatic rings. The molecule has 0 saturated carbocycles. The van der Waals surface area contributed by atoms with Gasteiger partial charge in [0.25, 0.3) is 0 Å². The van der Waals surface area contributed by atoms with Crippen LogP contribution in [0.5, 0.6) is 0 Å². The van der Waals surface area contributed by atoms with Crippen LogP contribution in [0.2, 0.25) is 0 Å². The van der Waals surface area contributed by atoms with Crippen LogP contribution >= 0.6 is 0 Å². The van der Waals surface area contributed by atoms with Gasteiger partial charge in [-0.25, -0.2) is 12.8 Å². The number of anilines is 2. The number of rotatable bonds is 4. The Bertz CT molecular complexity index is 928. The second-order valence-electron chi connectivity index (χ2n) is 7.63. The first-order chi connectivity index (χ1) is 13.9. The van der Waals surface area contributed by atoms with Crippen molar-refractivity contribution in [1.82, 2.24) is 14.5 Å². The van der Waals surface area contributed by atoms with Crippen molar-refractivity contribution in [1.29, 1.82) is 0 Å². The number of hydrogen-bond acceptors (Lipinski definition) is 6. The zero-order valence-electron chi connectivity index (χ0n) is 16.5. The van der Waals surface area contributed by atoms with E-state index < -0.39 is 15.8 Å². The number of aromatic nitrogens is 2. The van der Waals surface area contributed by atoms with E-state index in [1.165, 1.54) is 47.8 Å². The molecule has 0 amide bonds. The minimum absolute atomic E-state index is 0.118. The average Bonchev–Trinajstić information content (AvgIpc) is 2.75. The Labute approximate surface area is 171 Å². The lowest BCUT2D eigenvalue weighted by Crippen LogP contribution is -2.49. The topological polar surface area (TPSA) is 69.6 Å². The molecule has 0 N–H and O–H groups in total. The molecule has 2 aliphatic heterocycles. The first-order valence-electron chi connectivity index (χ1n) is 10.1. The predicted octanol–water partition coefficient (Wildman–Crippen LogP) is 2.51. The summed E-state index contributed by atoms with van der Waals surface area (Å²) in [5.41, 5.74) is 0. The van der Waals surface area contributed by atoms with Crippen molar-refractivity contribution in [2.75, 3.05) is 42.5 Å². The monoisotopic (exact) mass is 419 g/mol. The first-order valence-corrected chi connectivity index (χ1v) is 11.5. The third-order valence-electron chi connectivity index (χ3n) is 5.75. The molecule has 156 valence electrons. The SMILES string of the molecule is CC1CCCCN1c1ccc(N2CCN(S(=O)(=O)c3ccc(F)cc3)CC2)nn1. The standard InChI is InChI=1S/C20H26FN5O2S/c1-16-4-2-3-11-26(16)20-10-9-19(22-23-20)24-12-14-25(15-13-24)29(27,28)18-7-5-17(21)6-8-18/h5-10,16H,2-4,11-15H2,1H3. The summed E-state index contributed by atoms with van der Waals surface area (Å²) < 4.78 is 40.0. The lowest BCUT2D eigenvalue weighted by Gasteiger charge is -2.35. The van der Waals surface area contributed by atoms with Gasteiger partial charge >= 0.3 is 0 Å². The van der Waals surface area contributed by atoms with Crippen LogP contribution in [0.1, 0.15) is 26.2 Å². The number of benzene rings is 1. The molecule has 2 fully saturated rings. The van der Waals surface area contributed by atoms with Crippen LogP contribution in [0.4, 0.5) is 16.0 Å². The van der Waals surface area contributed by atoms with Gasteiger partial charge in [-0.05, 0) is 62.6 Å². The number of nitrogens with zero attached hydrogens (tertiary/aromatic N) is 5. The maximum atomic E-state index is 13.1. The maximum absolute atomic E-state index is 13.1. The Morgan fingerprint density at radius 2 is 1.55 bits per heavy atom. The molecule has 0 radical (unpaired) electrons. The Kier molecular flexibility index (Phi) is 5.69. The van der Waals surface area contributed by atoms with E-state index in [0.29, 0.717) is 32.2 Å². The molecule has 2 saturated heterocycles. The van der Waals surface area contributed by atoms with Gasteiger partial charge in [0.1, 0.15) is 5.82 Å². The molecule has 1 atom stereocenters. The number of hydrogen-bond donors (Lipinski definition) is 0. The molecular formula is C20H26FN5O2S. The largest absolute Gasteiger partial charge is 0.352 e. The van der Waals surface area contributed by atoms with Gasteiger partial charge in [0.2, 0.25) is 10.0 Å². The summed E-state index contributed by atoms with van der Waals surface area (Å²) in [5.74, 6) is 1.21. The fourth-order valence-corrected chi connectivity index (χ4v) is 5.41. The Morgan fingerprint density at radius 1 is 0.897 bits per heavy atom. The van der Waals surface area contributed by atoms with Crippen LogP contribution in [0.15, 0.2) is 41.3 Å². The van der Waals surface area contributed by atoms with Crippen LogP contribution in [0.25, 0.3) is 0 Å². The highest BCUT2D eigenvalue weighted by atomic mass is 32.2. The Balaban J connectivity index is 1.40. The van der Waals surface area contributed by atoms with Gasteiger partial charge in [0, 0.05) is 38.8 Å². The Hall–Kier alpha value is -2.26. The third kappa shape index (κ3) is 4.20. The van der Waals surface area contributed by atoms with E-state index in [2.05, 4.69) is 22.0 Å². The van der Waals surface area contributed by atoms with Crippen LogP contribution in [0, 0.1) is 5.82 Å². The van der Waals surface area contributed by atoms with Gasteiger partial charge in [-0.15, -0.1) is 10.2 Å². The number of piperidine rings is 1. The second kappa shape index (κ2) is 8.23. The second-order valence-corrected chi connectivity index (χ2v) is 9.57. The zero-order chi connectivity index (χ0) is 20.4. The highest BCUT2D eigenvalue weighted by Gasteiger charge is 2.29. The summed E-state index contributed by atoms with van der Waals surface area (Å²) in [6.45, 7) is 5.01. The summed E-state index contributed by atoms with van der Waals surface area (Å²) in [7, 11) is -3.61. The molecule has 2 aromatic rings.